The number of benzene rings is 1. The lowest BCUT2D eigenvalue weighted by molar-refractivity contribution is -0.139. The van der Waals surface area contributed by atoms with Gasteiger partial charge in [-0.3, -0.25) is 4.79 Å². The van der Waals surface area contributed by atoms with Crippen LogP contribution in [0.2, 0.25) is 0 Å². The molecular formula is C20H30O3. The molecule has 0 saturated heterocycles. The van der Waals surface area contributed by atoms with Gasteiger partial charge < -0.3 is 9.84 Å². The molecule has 1 N–H and O–H groups in total. The summed E-state index contributed by atoms with van der Waals surface area (Å²) in [6.07, 6.45) is 0.878. The molecule has 23 heavy (non-hydrogen) atoms. The predicted octanol–water partition coefficient (Wildman–Crippen LogP) is 5.00. The number of allylic oxidation sites excluding steroid dienone is 1. The van der Waals surface area contributed by atoms with E-state index in [1.807, 2.05) is 12.1 Å². The van der Waals surface area contributed by atoms with Crippen molar-refractivity contribution in [3.8, 4) is 5.75 Å². The number of aromatic hydroxyl groups is 1. The average Bonchev–Trinajstić information content (AvgIpc) is 2.33. The molecule has 3 heteroatoms. The van der Waals surface area contributed by atoms with Crippen molar-refractivity contribution in [3.05, 3.63) is 41.2 Å². The van der Waals surface area contributed by atoms with E-state index in [1.165, 1.54) is 0 Å². The van der Waals surface area contributed by atoms with Crippen molar-refractivity contribution < 1.29 is 14.6 Å². The molecule has 0 amide bonds. The van der Waals surface area contributed by atoms with Crippen LogP contribution >= 0.6 is 0 Å². The lowest BCUT2D eigenvalue weighted by atomic mass is 9.78. The number of phenols is 1. The Labute approximate surface area is 140 Å². The van der Waals surface area contributed by atoms with Gasteiger partial charge >= 0.3 is 5.97 Å². The second-order valence-corrected chi connectivity index (χ2v) is 8.22. The maximum atomic E-state index is 11.7. The van der Waals surface area contributed by atoms with E-state index in [0.717, 1.165) is 16.7 Å². The first-order valence-electron chi connectivity index (χ1n) is 8.05. The first kappa shape index (κ1) is 19.3. The van der Waals surface area contributed by atoms with Gasteiger partial charge in [-0.25, -0.2) is 0 Å². The molecule has 0 saturated carbocycles. The van der Waals surface area contributed by atoms with Crippen molar-refractivity contribution >= 4 is 5.97 Å². The van der Waals surface area contributed by atoms with E-state index in [0.29, 0.717) is 24.4 Å². The minimum absolute atomic E-state index is 0.168. The summed E-state index contributed by atoms with van der Waals surface area (Å²) in [6.45, 7) is 17.7. The number of aryl methyl sites for hydroxylation is 1. The predicted molar refractivity (Wildman–Crippen MR) is 94.7 cm³/mol. The molecule has 0 fully saturated rings. The fraction of sp³-hybridized carbons (Fsp3) is 0.550. The summed E-state index contributed by atoms with van der Waals surface area (Å²) in [5, 5.41) is 10.7. The van der Waals surface area contributed by atoms with Gasteiger partial charge in [0.1, 0.15) is 5.75 Å². The van der Waals surface area contributed by atoms with Gasteiger partial charge in [0.2, 0.25) is 0 Å². The fourth-order valence-corrected chi connectivity index (χ4v) is 2.47. The first-order valence-corrected chi connectivity index (χ1v) is 8.05. The normalized spacial score (nSPS) is 12.1. The highest BCUT2D eigenvalue weighted by Gasteiger charge is 2.26. The van der Waals surface area contributed by atoms with Gasteiger partial charge in [-0.05, 0) is 40.9 Å². The second kappa shape index (κ2) is 6.77. The van der Waals surface area contributed by atoms with E-state index in [-0.39, 0.29) is 16.8 Å². The molecule has 0 spiro atoms. The van der Waals surface area contributed by atoms with Crippen LogP contribution in [0.25, 0.3) is 0 Å². The van der Waals surface area contributed by atoms with Gasteiger partial charge in [-0.2, -0.15) is 0 Å². The minimum atomic E-state index is -0.278. The Morgan fingerprint density at radius 3 is 1.87 bits per heavy atom. The van der Waals surface area contributed by atoms with E-state index < -0.39 is 0 Å². The third kappa shape index (κ3) is 5.42. The molecular weight excluding hydrogens is 288 g/mol. The zero-order valence-electron chi connectivity index (χ0n) is 15.5. The van der Waals surface area contributed by atoms with Crippen LogP contribution in [-0.4, -0.2) is 11.1 Å². The summed E-state index contributed by atoms with van der Waals surface area (Å²) >= 11 is 0. The summed E-state index contributed by atoms with van der Waals surface area (Å²) in [5.41, 5.74) is 2.52. The maximum absolute atomic E-state index is 11.7. The van der Waals surface area contributed by atoms with E-state index in [9.17, 15) is 9.90 Å². The first-order chi connectivity index (χ1) is 10.3. The van der Waals surface area contributed by atoms with E-state index >= 15 is 0 Å². The standard InChI is InChI=1S/C20H30O3/c1-13(2)23-17(21)10-9-14-11-15(19(3,4)5)18(22)16(12-14)20(6,7)8/h11-12,22H,1,9-10H2,2-8H3. The topological polar surface area (TPSA) is 46.5 Å². The number of phenolic OH excluding ortho intramolecular Hbond substituents is 1. The van der Waals surface area contributed by atoms with Gasteiger partial charge in [0.05, 0.1) is 5.76 Å². The van der Waals surface area contributed by atoms with Crippen LogP contribution in [0.3, 0.4) is 0 Å². The van der Waals surface area contributed by atoms with Crippen LogP contribution in [0.5, 0.6) is 5.75 Å². The SMILES string of the molecule is C=C(C)OC(=O)CCc1cc(C(C)(C)C)c(O)c(C(C)(C)C)c1. The van der Waals surface area contributed by atoms with Crippen molar-refractivity contribution in [3.63, 3.8) is 0 Å². The van der Waals surface area contributed by atoms with Crippen molar-refractivity contribution in [2.75, 3.05) is 0 Å². The van der Waals surface area contributed by atoms with Gasteiger partial charge in [-0.1, -0.05) is 60.3 Å². The number of carbonyl (C=O) groups excluding carboxylic acids is 1. The largest absolute Gasteiger partial charge is 0.507 e. The minimum Gasteiger partial charge on any atom is -0.507 e. The molecule has 0 aliphatic heterocycles. The molecule has 0 atom stereocenters. The number of esters is 1. The number of carbonyl (C=O) groups is 1. The molecule has 0 heterocycles. The Hall–Kier alpha value is -1.77. The molecule has 3 nitrogen and oxygen atoms in total. The Kier molecular flexibility index (Phi) is 5.68. The maximum Gasteiger partial charge on any atom is 0.311 e. The van der Waals surface area contributed by atoms with Crippen LogP contribution in [0.1, 0.15) is 71.6 Å². The van der Waals surface area contributed by atoms with E-state index in [4.69, 9.17) is 4.74 Å². The Morgan fingerprint density at radius 2 is 1.52 bits per heavy atom. The summed E-state index contributed by atoms with van der Waals surface area (Å²) in [6, 6.07) is 4.00. The number of rotatable bonds is 4. The number of ether oxygens (including phenoxy) is 1. The molecule has 0 bridgehead atoms. The number of hydrogen-bond acceptors (Lipinski definition) is 3. The van der Waals surface area contributed by atoms with Gasteiger partial charge in [0, 0.05) is 6.42 Å². The van der Waals surface area contributed by atoms with Crippen LogP contribution in [0, 0.1) is 0 Å². The lowest BCUT2D eigenvalue weighted by Gasteiger charge is -2.28. The Morgan fingerprint density at radius 1 is 1.09 bits per heavy atom. The molecule has 0 unspecified atom stereocenters. The second-order valence-electron chi connectivity index (χ2n) is 8.22. The van der Waals surface area contributed by atoms with Gasteiger partial charge in [-0.15, -0.1) is 0 Å². The van der Waals surface area contributed by atoms with Crippen molar-refractivity contribution in [2.45, 2.75) is 72.1 Å². The summed E-state index contributed by atoms with van der Waals surface area (Å²) in [7, 11) is 0. The van der Waals surface area contributed by atoms with E-state index in [1.54, 1.807) is 6.92 Å². The van der Waals surface area contributed by atoms with Gasteiger partial charge in [0.25, 0.3) is 0 Å². The smallest absolute Gasteiger partial charge is 0.311 e. The monoisotopic (exact) mass is 318 g/mol. The third-order valence-electron chi connectivity index (χ3n) is 3.69. The fourth-order valence-electron chi connectivity index (χ4n) is 2.47. The van der Waals surface area contributed by atoms with Crippen LogP contribution in [-0.2, 0) is 26.8 Å². The molecule has 0 aliphatic rings. The van der Waals surface area contributed by atoms with Crippen LogP contribution in [0.4, 0.5) is 0 Å². The molecule has 0 radical (unpaired) electrons. The Balaban J connectivity index is 3.18. The summed E-state index contributed by atoms with van der Waals surface area (Å²) in [4.78, 5) is 11.7. The van der Waals surface area contributed by atoms with Crippen molar-refractivity contribution in [1.82, 2.24) is 0 Å². The molecule has 0 aliphatic carbocycles. The summed E-state index contributed by atoms with van der Waals surface area (Å²) in [5.74, 6) is 0.491. The van der Waals surface area contributed by atoms with Crippen molar-refractivity contribution in [2.24, 2.45) is 0 Å². The molecule has 1 rings (SSSR count). The molecule has 128 valence electrons. The molecule has 0 aromatic heterocycles. The third-order valence-corrected chi connectivity index (χ3v) is 3.69. The van der Waals surface area contributed by atoms with Crippen LogP contribution in [0.15, 0.2) is 24.5 Å². The van der Waals surface area contributed by atoms with Crippen molar-refractivity contribution in [1.29, 1.82) is 0 Å². The molecule has 1 aromatic rings. The Bertz CT molecular complexity index is 563. The van der Waals surface area contributed by atoms with Gasteiger partial charge in [0.15, 0.2) is 0 Å². The van der Waals surface area contributed by atoms with E-state index in [2.05, 4.69) is 48.1 Å². The highest BCUT2D eigenvalue weighted by molar-refractivity contribution is 5.70. The zero-order chi connectivity index (χ0) is 18.0. The summed E-state index contributed by atoms with van der Waals surface area (Å²) < 4.78 is 5.01. The quantitative estimate of drug-likeness (QED) is 0.628. The highest BCUT2D eigenvalue weighted by Crippen LogP contribution is 2.39. The zero-order valence-corrected chi connectivity index (χ0v) is 15.5. The number of hydrogen-bond donors (Lipinski definition) is 1. The average molecular weight is 318 g/mol. The molecule has 1 aromatic carbocycles. The lowest BCUT2D eigenvalue weighted by Crippen LogP contribution is -2.18. The highest BCUT2D eigenvalue weighted by atomic mass is 16.5. The van der Waals surface area contributed by atoms with Crippen LogP contribution < -0.4 is 0 Å².